The Morgan fingerprint density at radius 2 is 2.06 bits per heavy atom. The van der Waals surface area contributed by atoms with Crippen LogP contribution in [0.3, 0.4) is 0 Å². The Morgan fingerprint density at radius 3 is 2.67 bits per heavy atom. The first-order valence-electron chi connectivity index (χ1n) is 7.16. The van der Waals surface area contributed by atoms with E-state index in [1.54, 1.807) is 0 Å². The van der Waals surface area contributed by atoms with E-state index in [1.165, 1.54) is 43.7 Å². The van der Waals surface area contributed by atoms with Crippen LogP contribution in [0.5, 0.6) is 0 Å². The number of hydrogen-bond acceptors (Lipinski definition) is 3. The summed E-state index contributed by atoms with van der Waals surface area (Å²) >= 11 is 3.96. The van der Waals surface area contributed by atoms with E-state index >= 15 is 0 Å². The molecule has 0 bridgehead atoms. The molecule has 0 aromatic rings. The maximum Gasteiger partial charge on any atom is 0.157 e. The number of hydrogen-bond donors (Lipinski definition) is 1. The Bertz CT molecular complexity index is 286. The Labute approximate surface area is 120 Å². The minimum Gasteiger partial charge on any atom is -0.362 e. The van der Waals surface area contributed by atoms with Crippen LogP contribution in [0.2, 0.25) is 0 Å². The lowest BCUT2D eigenvalue weighted by Gasteiger charge is -2.35. The summed E-state index contributed by atoms with van der Waals surface area (Å²) < 4.78 is 0.428. The van der Waals surface area contributed by atoms with Gasteiger partial charge in [0.1, 0.15) is 0 Å². The summed E-state index contributed by atoms with van der Waals surface area (Å²) in [6.07, 6.45) is 10.4. The molecular weight excluding hydrogens is 260 g/mol. The molecule has 0 amide bonds. The molecule has 2 fully saturated rings. The fraction of sp³-hybridized carbons (Fsp3) is 0.929. The lowest BCUT2D eigenvalue weighted by Crippen LogP contribution is -2.39. The summed E-state index contributed by atoms with van der Waals surface area (Å²) in [6, 6.07) is 0.580. The van der Waals surface area contributed by atoms with E-state index in [9.17, 15) is 0 Å². The summed E-state index contributed by atoms with van der Waals surface area (Å²) in [6.45, 7) is 5.57. The summed E-state index contributed by atoms with van der Waals surface area (Å²) in [5.74, 6) is 0. The third kappa shape index (κ3) is 3.83. The highest BCUT2D eigenvalue weighted by Gasteiger charge is 2.31. The van der Waals surface area contributed by atoms with Gasteiger partial charge in [-0.05, 0) is 32.4 Å². The first-order chi connectivity index (χ1) is 8.63. The molecule has 2 nitrogen and oxygen atoms in total. The van der Waals surface area contributed by atoms with Crippen LogP contribution in [0.1, 0.15) is 52.4 Å². The molecule has 2 unspecified atom stereocenters. The lowest BCUT2D eigenvalue weighted by atomic mass is 9.88. The highest BCUT2D eigenvalue weighted by Crippen LogP contribution is 2.39. The zero-order valence-corrected chi connectivity index (χ0v) is 13.5. The number of thioether (sulfide) groups is 2. The molecular formula is C14H26N2S2. The van der Waals surface area contributed by atoms with Crippen LogP contribution < -0.4 is 5.32 Å². The zero-order chi connectivity index (χ0) is 13.0. The van der Waals surface area contributed by atoms with Gasteiger partial charge < -0.3 is 5.32 Å². The van der Waals surface area contributed by atoms with Crippen molar-refractivity contribution in [3.05, 3.63) is 0 Å². The average Bonchev–Trinajstić information content (AvgIpc) is 2.36. The van der Waals surface area contributed by atoms with E-state index in [0.717, 1.165) is 6.54 Å². The zero-order valence-electron chi connectivity index (χ0n) is 11.9. The van der Waals surface area contributed by atoms with Gasteiger partial charge in [0.2, 0.25) is 0 Å². The Kier molecular flexibility index (Phi) is 5.31. The normalized spacial score (nSPS) is 34.3. The second kappa shape index (κ2) is 6.56. The van der Waals surface area contributed by atoms with Crippen molar-refractivity contribution >= 4 is 28.7 Å². The number of aliphatic imine (C=N–C) groups is 1. The number of nitrogens with one attached hydrogen (secondary N) is 1. The highest BCUT2D eigenvalue weighted by molar-refractivity contribution is 8.14. The van der Waals surface area contributed by atoms with Crippen molar-refractivity contribution in [2.24, 2.45) is 4.99 Å². The Morgan fingerprint density at radius 1 is 1.33 bits per heavy atom. The van der Waals surface area contributed by atoms with Gasteiger partial charge in [0, 0.05) is 16.0 Å². The van der Waals surface area contributed by atoms with E-state index in [0.29, 0.717) is 16.0 Å². The summed E-state index contributed by atoms with van der Waals surface area (Å²) in [5.41, 5.74) is 0. The van der Waals surface area contributed by atoms with Gasteiger partial charge in [-0.1, -0.05) is 37.9 Å². The van der Waals surface area contributed by atoms with Crippen LogP contribution in [0.15, 0.2) is 4.99 Å². The first-order valence-corrected chi connectivity index (χ1v) is 9.27. The molecule has 18 heavy (non-hydrogen) atoms. The monoisotopic (exact) mass is 286 g/mol. The largest absolute Gasteiger partial charge is 0.362 e. The maximum atomic E-state index is 4.90. The van der Waals surface area contributed by atoms with Crippen molar-refractivity contribution in [3.63, 3.8) is 0 Å². The van der Waals surface area contributed by atoms with Crippen LogP contribution in [0, 0.1) is 0 Å². The SMILES string of the molecule is CSC1(CN=C2NC(C)CC(C)S2)CCCCC1. The third-order valence-electron chi connectivity index (χ3n) is 4.08. The molecule has 104 valence electrons. The van der Waals surface area contributed by atoms with E-state index in [4.69, 9.17) is 4.99 Å². The summed E-state index contributed by atoms with van der Waals surface area (Å²) in [7, 11) is 0. The molecule has 1 N–H and O–H groups in total. The third-order valence-corrected chi connectivity index (χ3v) is 6.55. The molecule has 1 heterocycles. The van der Waals surface area contributed by atoms with Crippen LogP contribution in [-0.4, -0.2) is 34.0 Å². The minimum absolute atomic E-state index is 0.428. The molecule has 1 saturated carbocycles. The molecule has 0 radical (unpaired) electrons. The Hall–Kier alpha value is 0.170. The fourth-order valence-electron chi connectivity index (χ4n) is 2.96. The van der Waals surface area contributed by atoms with Crippen molar-refractivity contribution in [2.45, 2.75) is 68.4 Å². The second-order valence-electron chi connectivity index (χ2n) is 5.78. The van der Waals surface area contributed by atoms with Crippen molar-refractivity contribution in [2.75, 3.05) is 12.8 Å². The highest BCUT2D eigenvalue weighted by atomic mass is 32.2. The van der Waals surface area contributed by atoms with E-state index in [2.05, 4.69) is 25.4 Å². The molecule has 4 heteroatoms. The summed E-state index contributed by atoms with van der Waals surface area (Å²) in [5, 5.41) is 5.42. The van der Waals surface area contributed by atoms with Gasteiger partial charge >= 0.3 is 0 Å². The Balaban J connectivity index is 1.95. The van der Waals surface area contributed by atoms with Gasteiger partial charge in [0.15, 0.2) is 5.17 Å². The van der Waals surface area contributed by atoms with Crippen LogP contribution >= 0.6 is 23.5 Å². The first kappa shape index (κ1) is 14.6. The molecule has 0 aromatic heterocycles. The molecule has 0 aromatic carbocycles. The minimum atomic E-state index is 0.428. The molecule has 2 rings (SSSR count). The molecule has 0 spiro atoms. The smallest absolute Gasteiger partial charge is 0.157 e. The predicted molar refractivity (Wildman–Crippen MR) is 85.9 cm³/mol. The topological polar surface area (TPSA) is 24.4 Å². The lowest BCUT2D eigenvalue weighted by molar-refractivity contribution is 0.405. The van der Waals surface area contributed by atoms with Crippen molar-refractivity contribution in [1.29, 1.82) is 0 Å². The standard InChI is InChI=1S/C14H26N2S2/c1-11-9-12(2)18-13(16-11)15-10-14(17-3)7-5-4-6-8-14/h11-12H,4-10H2,1-3H3,(H,15,16). The summed E-state index contributed by atoms with van der Waals surface area (Å²) in [4.78, 5) is 4.90. The second-order valence-corrected chi connectivity index (χ2v) is 8.48. The molecule has 1 saturated heterocycles. The van der Waals surface area contributed by atoms with Crippen molar-refractivity contribution < 1.29 is 0 Å². The van der Waals surface area contributed by atoms with Gasteiger partial charge in [-0.25, -0.2) is 0 Å². The fourth-order valence-corrected chi connectivity index (χ4v) is 5.03. The van der Waals surface area contributed by atoms with Crippen LogP contribution in [0.4, 0.5) is 0 Å². The van der Waals surface area contributed by atoms with Gasteiger partial charge in [-0.3, -0.25) is 4.99 Å². The van der Waals surface area contributed by atoms with Crippen LogP contribution in [-0.2, 0) is 0 Å². The molecule has 2 atom stereocenters. The van der Waals surface area contributed by atoms with Crippen LogP contribution in [0.25, 0.3) is 0 Å². The van der Waals surface area contributed by atoms with E-state index in [1.807, 2.05) is 23.5 Å². The van der Waals surface area contributed by atoms with Gasteiger partial charge in [-0.15, -0.1) is 0 Å². The van der Waals surface area contributed by atoms with E-state index in [-0.39, 0.29) is 0 Å². The number of nitrogens with zero attached hydrogens (tertiary/aromatic N) is 1. The average molecular weight is 287 g/mol. The number of rotatable bonds is 3. The molecule has 1 aliphatic heterocycles. The van der Waals surface area contributed by atoms with Crippen molar-refractivity contribution in [1.82, 2.24) is 5.32 Å². The predicted octanol–water partition coefficient (Wildman–Crippen LogP) is 3.91. The van der Waals surface area contributed by atoms with Gasteiger partial charge in [0.05, 0.1) is 6.54 Å². The molecule has 2 aliphatic rings. The van der Waals surface area contributed by atoms with Crippen molar-refractivity contribution in [3.8, 4) is 0 Å². The quantitative estimate of drug-likeness (QED) is 0.851. The van der Waals surface area contributed by atoms with Gasteiger partial charge in [0.25, 0.3) is 0 Å². The molecule has 1 aliphatic carbocycles. The van der Waals surface area contributed by atoms with Gasteiger partial charge in [-0.2, -0.15) is 11.8 Å². The number of amidine groups is 1. The van der Waals surface area contributed by atoms with E-state index < -0.39 is 0 Å². The maximum absolute atomic E-state index is 4.90.